The normalized spacial score (nSPS) is 13.6. The summed E-state index contributed by atoms with van der Waals surface area (Å²) >= 11 is 3.61. The Kier molecular flexibility index (Phi) is 2.93. The van der Waals surface area contributed by atoms with Gasteiger partial charge in [0.1, 0.15) is 0 Å². The summed E-state index contributed by atoms with van der Waals surface area (Å²) in [7, 11) is 1.77. The molecular weight excluding hydrogens is 308 g/mol. The van der Waals surface area contributed by atoms with E-state index in [0.29, 0.717) is 0 Å². The summed E-state index contributed by atoms with van der Waals surface area (Å²) in [5.41, 5.74) is 4.64. The predicted octanol–water partition coefficient (Wildman–Crippen LogP) is 3.04. The number of benzene rings is 1. The molecule has 98 valence electrons. The fraction of sp³-hybridized carbons (Fsp3) is 0.286. The van der Waals surface area contributed by atoms with Crippen LogP contribution in [0.25, 0.3) is 11.3 Å². The fourth-order valence-electron chi connectivity index (χ4n) is 2.64. The summed E-state index contributed by atoms with van der Waals surface area (Å²) in [6.07, 6.45) is 3.39. The van der Waals surface area contributed by atoms with Gasteiger partial charge in [-0.2, -0.15) is 5.10 Å². The van der Waals surface area contributed by atoms with Crippen LogP contribution in [0.15, 0.2) is 22.7 Å². The Bertz CT molecular complexity index is 676. The molecule has 19 heavy (non-hydrogen) atoms. The van der Waals surface area contributed by atoms with Gasteiger partial charge in [0.05, 0.1) is 5.69 Å². The SMILES string of the molecule is Cn1nc(C(=O)O)cc1-c1cc(Br)c2c(c1)CCC2. The van der Waals surface area contributed by atoms with Crippen LogP contribution in [-0.4, -0.2) is 20.9 Å². The first-order valence-corrected chi connectivity index (χ1v) is 6.94. The first kappa shape index (κ1) is 12.4. The first-order chi connectivity index (χ1) is 9.06. The molecule has 0 saturated carbocycles. The highest BCUT2D eigenvalue weighted by molar-refractivity contribution is 9.10. The van der Waals surface area contributed by atoms with Crippen molar-refractivity contribution in [3.05, 3.63) is 39.5 Å². The molecule has 1 aromatic carbocycles. The van der Waals surface area contributed by atoms with Crippen LogP contribution in [-0.2, 0) is 19.9 Å². The minimum absolute atomic E-state index is 0.0779. The zero-order valence-electron chi connectivity index (χ0n) is 10.5. The van der Waals surface area contributed by atoms with E-state index in [1.807, 2.05) is 6.07 Å². The number of hydrogen-bond acceptors (Lipinski definition) is 2. The topological polar surface area (TPSA) is 55.1 Å². The maximum atomic E-state index is 11.0. The number of carbonyl (C=O) groups is 1. The van der Waals surface area contributed by atoms with E-state index >= 15 is 0 Å². The van der Waals surface area contributed by atoms with Crippen LogP contribution in [0.4, 0.5) is 0 Å². The molecule has 0 bridgehead atoms. The minimum Gasteiger partial charge on any atom is -0.476 e. The van der Waals surface area contributed by atoms with Crippen LogP contribution in [0.5, 0.6) is 0 Å². The summed E-state index contributed by atoms with van der Waals surface area (Å²) < 4.78 is 2.72. The van der Waals surface area contributed by atoms with Crippen LogP contribution < -0.4 is 0 Å². The monoisotopic (exact) mass is 320 g/mol. The van der Waals surface area contributed by atoms with Crippen molar-refractivity contribution in [1.29, 1.82) is 0 Å². The number of aromatic nitrogens is 2. The van der Waals surface area contributed by atoms with Gasteiger partial charge >= 0.3 is 5.97 Å². The molecule has 0 aliphatic heterocycles. The summed E-state index contributed by atoms with van der Waals surface area (Å²) in [6.45, 7) is 0. The Hall–Kier alpha value is -1.62. The number of halogens is 1. The van der Waals surface area contributed by atoms with E-state index < -0.39 is 5.97 Å². The Morgan fingerprint density at radius 1 is 1.37 bits per heavy atom. The summed E-state index contributed by atoms with van der Waals surface area (Å²) in [5, 5.41) is 13.0. The molecule has 1 aliphatic rings. The number of carboxylic acid groups (broad SMARTS) is 1. The van der Waals surface area contributed by atoms with E-state index in [1.165, 1.54) is 17.5 Å². The van der Waals surface area contributed by atoms with Gasteiger partial charge < -0.3 is 5.11 Å². The number of hydrogen-bond donors (Lipinski definition) is 1. The minimum atomic E-state index is -0.998. The second-order valence-corrected chi connectivity index (χ2v) is 5.65. The summed E-state index contributed by atoms with van der Waals surface area (Å²) in [6, 6.07) is 5.81. The third kappa shape index (κ3) is 2.08. The van der Waals surface area contributed by atoms with Crippen molar-refractivity contribution in [2.45, 2.75) is 19.3 Å². The smallest absolute Gasteiger partial charge is 0.356 e. The molecule has 0 unspecified atom stereocenters. The highest BCUT2D eigenvalue weighted by Crippen LogP contribution is 2.34. The third-order valence-corrected chi connectivity index (χ3v) is 4.26. The van der Waals surface area contributed by atoms with Crippen LogP contribution in [0.3, 0.4) is 0 Å². The van der Waals surface area contributed by atoms with Gasteiger partial charge in [-0.15, -0.1) is 0 Å². The maximum Gasteiger partial charge on any atom is 0.356 e. The molecule has 1 aliphatic carbocycles. The average Bonchev–Trinajstić information content (AvgIpc) is 2.95. The molecule has 0 fully saturated rings. The van der Waals surface area contributed by atoms with E-state index in [1.54, 1.807) is 17.8 Å². The van der Waals surface area contributed by atoms with Crippen molar-refractivity contribution in [3.63, 3.8) is 0 Å². The molecule has 0 saturated heterocycles. The second-order valence-electron chi connectivity index (χ2n) is 4.79. The lowest BCUT2D eigenvalue weighted by Gasteiger charge is -2.08. The van der Waals surface area contributed by atoms with Crippen molar-refractivity contribution in [2.24, 2.45) is 7.05 Å². The number of rotatable bonds is 2. The van der Waals surface area contributed by atoms with E-state index in [-0.39, 0.29) is 5.69 Å². The third-order valence-electron chi connectivity index (χ3n) is 3.56. The van der Waals surface area contributed by atoms with Crippen LogP contribution in [0, 0.1) is 0 Å². The van der Waals surface area contributed by atoms with Gasteiger partial charge in [0.15, 0.2) is 5.69 Å². The molecule has 0 amide bonds. The average molecular weight is 321 g/mol. The molecule has 3 rings (SSSR count). The fourth-order valence-corrected chi connectivity index (χ4v) is 3.34. The van der Waals surface area contributed by atoms with Gasteiger partial charge in [-0.3, -0.25) is 4.68 Å². The van der Waals surface area contributed by atoms with Gasteiger partial charge in [-0.25, -0.2) is 4.79 Å². The Morgan fingerprint density at radius 2 is 2.16 bits per heavy atom. The summed E-state index contributed by atoms with van der Waals surface area (Å²) in [5.74, 6) is -0.998. The molecule has 4 nitrogen and oxygen atoms in total. The lowest BCUT2D eigenvalue weighted by molar-refractivity contribution is 0.0689. The Labute approximate surface area is 119 Å². The lowest BCUT2D eigenvalue weighted by Crippen LogP contribution is -1.99. The quantitative estimate of drug-likeness (QED) is 0.925. The van der Waals surface area contributed by atoms with Gasteiger partial charge in [0.25, 0.3) is 0 Å². The van der Waals surface area contributed by atoms with E-state index in [4.69, 9.17) is 5.11 Å². The zero-order valence-corrected chi connectivity index (χ0v) is 12.1. The maximum absolute atomic E-state index is 11.0. The second kappa shape index (κ2) is 4.49. The summed E-state index contributed by atoms with van der Waals surface area (Å²) in [4.78, 5) is 11.0. The number of nitrogens with zero attached hydrogens (tertiary/aromatic N) is 2. The first-order valence-electron chi connectivity index (χ1n) is 6.15. The largest absolute Gasteiger partial charge is 0.476 e. The van der Waals surface area contributed by atoms with Crippen molar-refractivity contribution in [3.8, 4) is 11.3 Å². The molecule has 5 heteroatoms. The van der Waals surface area contributed by atoms with Crippen molar-refractivity contribution < 1.29 is 9.90 Å². The van der Waals surface area contributed by atoms with Crippen LogP contribution in [0.2, 0.25) is 0 Å². The van der Waals surface area contributed by atoms with Crippen molar-refractivity contribution in [1.82, 2.24) is 9.78 Å². The van der Waals surface area contributed by atoms with Crippen molar-refractivity contribution >= 4 is 21.9 Å². The molecule has 0 spiro atoms. The highest BCUT2D eigenvalue weighted by atomic mass is 79.9. The van der Waals surface area contributed by atoms with E-state index in [9.17, 15) is 4.79 Å². The van der Waals surface area contributed by atoms with Crippen molar-refractivity contribution in [2.75, 3.05) is 0 Å². The lowest BCUT2D eigenvalue weighted by atomic mass is 10.0. The molecule has 0 radical (unpaired) electrons. The number of carboxylic acids is 1. The Balaban J connectivity index is 2.12. The molecule has 1 heterocycles. The van der Waals surface area contributed by atoms with Gasteiger partial charge in [0.2, 0.25) is 0 Å². The van der Waals surface area contributed by atoms with Gasteiger partial charge in [-0.05, 0) is 48.6 Å². The molecule has 1 aromatic heterocycles. The van der Waals surface area contributed by atoms with Crippen LogP contribution >= 0.6 is 15.9 Å². The number of fused-ring (bicyclic) bond motifs is 1. The van der Waals surface area contributed by atoms with E-state index in [0.717, 1.165) is 28.6 Å². The zero-order chi connectivity index (χ0) is 13.6. The number of aryl methyl sites for hydroxylation is 2. The highest BCUT2D eigenvalue weighted by Gasteiger charge is 2.18. The molecular formula is C14H13BrN2O2. The molecule has 2 aromatic rings. The van der Waals surface area contributed by atoms with Gasteiger partial charge in [0, 0.05) is 17.1 Å². The molecule has 0 atom stereocenters. The molecule has 1 N–H and O–H groups in total. The predicted molar refractivity (Wildman–Crippen MR) is 75.3 cm³/mol. The van der Waals surface area contributed by atoms with Gasteiger partial charge in [-0.1, -0.05) is 15.9 Å². The van der Waals surface area contributed by atoms with Crippen LogP contribution in [0.1, 0.15) is 28.0 Å². The Morgan fingerprint density at radius 3 is 2.84 bits per heavy atom. The standard InChI is InChI=1S/C14H13BrN2O2/c1-17-13(7-12(16-17)14(18)19)9-5-8-3-2-4-10(8)11(15)6-9/h5-7H,2-4H2,1H3,(H,18,19). The number of aromatic carboxylic acids is 1. The van der Waals surface area contributed by atoms with E-state index in [2.05, 4.69) is 27.1 Å².